The first-order valence-corrected chi connectivity index (χ1v) is 5.56. The SMILES string of the molecule is OC(c1cnc(-c2ccccc2)s1)C(F)(F)F. The molecule has 0 aliphatic heterocycles. The lowest BCUT2D eigenvalue weighted by molar-refractivity contribution is -0.205. The van der Waals surface area contributed by atoms with Gasteiger partial charge in [-0.3, -0.25) is 0 Å². The van der Waals surface area contributed by atoms with Crippen LogP contribution < -0.4 is 0 Å². The van der Waals surface area contributed by atoms with Crippen molar-refractivity contribution in [2.75, 3.05) is 0 Å². The molecule has 1 aromatic carbocycles. The van der Waals surface area contributed by atoms with Gasteiger partial charge in [-0.1, -0.05) is 30.3 Å². The number of hydrogen-bond donors (Lipinski definition) is 1. The highest BCUT2D eigenvalue weighted by atomic mass is 32.1. The molecule has 0 aliphatic carbocycles. The van der Waals surface area contributed by atoms with Crippen LogP contribution in [0.15, 0.2) is 36.5 Å². The summed E-state index contributed by atoms with van der Waals surface area (Å²) in [5, 5.41) is 9.52. The summed E-state index contributed by atoms with van der Waals surface area (Å²) in [6, 6.07) is 8.86. The van der Waals surface area contributed by atoms with Gasteiger partial charge in [0.2, 0.25) is 0 Å². The Morgan fingerprint density at radius 1 is 1.18 bits per heavy atom. The van der Waals surface area contributed by atoms with E-state index in [1.165, 1.54) is 0 Å². The lowest BCUT2D eigenvalue weighted by Crippen LogP contribution is -2.18. The molecule has 2 nitrogen and oxygen atoms in total. The fourth-order valence-corrected chi connectivity index (χ4v) is 2.22. The number of alkyl halides is 3. The van der Waals surface area contributed by atoms with Crippen LogP contribution in [0.25, 0.3) is 10.6 Å². The molecular weight excluding hydrogens is 251 g/mol. The van der Waals surface area contributed by atoms with Crippen LogP contribution in [0.5, 0.6) is 0 Å². The number of thiazole rings is 1. The van der Waals surface area contributed by atoms with E-state index in [9.17, 15) is 13.2 Å². The number of rotatable bonds is 2. The predicted molar refractivity (Wildman–Crippen MR) is 58.6 cm³/mol. The molecule has 0 amide bonds. The molecule has 0 aliphatic rings. The van der Waals surface area contributed by atoms with E-state index in [1.807, 2.05) is 6.07 Å². The average molecular weight is 259 g/mol. The molecule has 1 atom stereocenters. The van der Waals surface area contributed by atoms with Gasteiger partial charge in [0.05, 0.1) is 4.88 Å². The summed E-state index contributed by atoms with van der Waals surface area (Å²) in [7, 11) is 0. The normalized spacial score (nSPS) is 13.6. The monoisotopic (exact) mass is 259 g/mol. The Balaban J connectivity index is 2.28. The maximum absolute atomic E-state index is 12.3. The maximum Gasteiger partial charge on any atom is 0.419 e. The summed E-state index contributed by atoms with van der Waals surface area (Å²) in [5.74, 6) is 0. The molecule has 1 unspecified atom stereocenters. The van der Waals surface area contributed by atoms with Gasteiger partial charge in [-0.05, 0) is 0 Å². The molecule has 17 heavy (non-hydrogen) atoms. The topological polar surface area (TPSA) is 33.1 Å². The largest absolute Gasteiger partial charge is 0.419 e. The minimum absolute atomic E-state index is 0.198. The number of aromatic nitrogens is 1. The summed E-state index contributed by atoms with van der Waals surface area (Å²) in [4.78, 5) is 3.68. The van der Waals surface area contributed by atoms with Gasteiger partial charge in [0.1, 0.15) is 5.01 Å². The highest BCUT2D eigenvalue weighted by molar-refractivity contribution is 7.15. The summed E-state index contributed by atoms with van der Waals surface area (Å²) >= 11 is 0.840. The van der Waals surface area contributed by atoms with Crippen molar-refractivity contribution in [2.24, 2.45) is 0 Å². The van der Waals surface area contributed by atoms with E-state index >= 15 is 0 Å². The minimum atomic E-state index is -4.65. The van der Waals surface area contributed by atoms with Crippen molar-refractivity contribution in [3.05, 3.63) is 41.4 Å². The third-order valence-corrected chi connectivity index (χ3v) is 3.22. The van der Waals surface area contributed by atoms with Crippen molar-refractivity contribution in [3.63, 3.8) is 0 Å². The zero-order valence-corrected chi connectivity index (χ0v) is 9.29. The molecule has 1 heterocycles. The minimum Gasteiger partial charge on any atom is -0.379 e. The van der Waals surface area contributed by atoms with Gasteiger partial charge >= 0.3 is 6.18 Å². The van der Waals surface area contributed by atoms with Gasteiger partial charge in [0.25, 0.3) is 0 Å². The van der Waals surface area contributed by atoms with E-state index in [0.29, 0.717) is 5.01 Å². The van der Waals surface area contributed by atoms with Crippen molar-refractivity contribution in [2.45, 2.75) is 12.3 Å². The zero-order valence-electron chi connectivity index (χ0n) is 8.48. The van der Waals surface area contributed by atoms with Crippen molar-refractivity contribution < 1.29 is 18.3 Å². The first-order chi connectivity index (χ1) is 7.98. The second kappa shape index (κ2) is 4.46. The van der Waals surface area contributed by atoms with Crippen LogP contribution in [0.1, 0.15) is 11.0 Å². The summed E-state index contributed by atoms with van der Waals surface area (Å²) in [6.45, 7) is 0. The van der Waals surface area contributed by atoms with E-state index in [4.69, 9.17) is 5.11 Å². The summed E-state index contributed by atoms with van der Waals surface area (Å²) < 4.78 is 36.8. The number of aliphatic hydroxyl groups excluding tert-OH is 1. The Morgan fingerprint density at radius 3 is 2.41 bits per heavy atom. The van der Waals surface area contributed by atoms with Crippen molar-refractivity contribution in [1.29, 1.82) is 0 Å². The maximum atomic E-state index is 12.3. The smallest absolute Gasteiger partial charge is 0.379 e. The standard InChI is InChI=1S/C11H8F3NOS/c12-11(13,14)9(16)8-6-15-10(17-8)7-4-2-1-3-5-7/h1-6,9,16H. The third kappa shape index (κ3) is 2.65. The van der Waals surface area contributed by atoms with E-state index in [2.05, 4.69) is 4.98 Å². The molecule has 0 spiro atoms. The molecule has 0 bridgehead atoms. The van der Waals surface area contributed by atoms with Crippen molar-refractivity contribution in [1.82, 2.24) is 4.98 Å². The van der Waals surface area contributed by atoms with Crippen LogP contribution in [0.3, 0.4) is 0 Å². The molecule has 0 radical (unpaired) electrons. The third-order valence-electron chi connectivity index (χ3n) is 2.12. The number of aliphatic hydroxyl groups is 1. The number of benzene rings is 1. The van der Waals surface area contributed by atoms with Crippen LogP contribution in [-0.2, 0) is 0 Å². The predicted octanol–water partition coefficient (Wildman–Crippen LogP) is 3.41. The second-order valence-electron chi connectivity index (χ2n) is 3.38. The molecule has 2 rings (SSSR count). The zero-order chi connectivity index (χ0) is 12.5. The van der Waals surface area contributed by atoms with Crippen LogP contribution in [0, 0.1) is 0 Å². The molecule has 0 saturated carbocycles. The van der Waals surface area contributed by atoms with Gasteiger partial charge < -0.3 is 5.11 Å². The van der Waals surface area contributed by atoms with E-state index in [1.54, 1.807) is 24.3 Å². The molecule has 2 aromatic rings. The molecular formula is C11H8F3NOS. The summed E-state index contributed by atoms with van der Waals surface area (Å²) in [6.07, 6.45) is -6.05. The van der Waals surface area contributed by atoms with Gasteiger partial charge in [-0.25, -0.2) is 4.98 Å². The van der Waals surface area contributed by atoms with Crippen molar-refractivity contribution >= 4 is 11.3 Å². The number of halogens is 3. The average Bonchev–Trinajstić information content (AvgIpc) is 2.77. The summed E-state index contributed by atoms with van der Waals surface area (Å²) in [5.41, 5.74) is 0.734. The van der Waals surface area contributed by atoms with E-state index < -0.39 is 12.3 Å². The molecule has 0 saturated heterocycles. The molecule has 0 fully saturated rings. The fraction of sp³-hybridized carbons (Fsp3) is 0.182. The lowest BCUT2D eigenvalue weighted by Gasteiger charge is -2.11. The Hall–Kier alpha value is -1.40. The van der Waals surface area contributed by atoms with Gasteiger partial charge in [0, 0.05) is 11.8 Å². The van der Waals surface area contributed by atoms with E-state index in [0.717, 1.165) is 23.1 Å². The fourth-order valence-electron chi connectivity index (χ4n) is 1.29. The molecule has 1 aromatic heterocycles. The number of nitrogens with zero attached hydrogens (tertiary/aromatic N) is 1. The van der Waals surface area contributed by atoms with Gasteiger partial charge in [-0.15, -0.1) is 11.3 Å². The molecule has 6 heteroatoms. The Labute approximate surface area is 99.4 Å². The molecule has 1 N–H and O–H groups in total. The highest BCUT2D eigenvalue weighted by Gasteiger charge is 2.40. The van der Waals surface area contributed by atoms with Crippen molar-refractivity contribution in [3.8, 4) is 10.6 Å². The molecule has 90 valence electrons. The van der Waals surface area contributed by atoms with Crippen LogP contribution in [0.4, 0.5) is 13.2 Å². The van der Waals surface area contributed by atoms with Crippen LogP contribution in [-0.4, -0.2) is 16.3 Å². The first kappa shape index (κ1) is 12.1. The Morgan fingerprint density at radius 2 is 1.82 bits per heavy atom. The quantitative estimate of drug-likeness (QED) is 0.896. The lowest BCUT2D eigenvalue weighted by atomic mass is 10.2. The van der Waals surface area contributed by atoms with Crippen LogP contribution in [0.2, 0.25) is 0 Å². The Bertz CT molecular complexity index is 495. The van der Waals surface area contributed by atoms with Gasteiger partial charge in [0.15, 0.2) is 6.10 Å². The van der Waals surface area contributed by atoms with Gasteiger partial charge in [-0.2, -0.15) is 13.2 Å². The Kier molecular flexibility index (Phi) is 3.17. The highest BCUT2D eigenvalue weighted by Crippen LogP contribution is 2.37. The first-order valence-electron chi connectivity index (χ1n) is 4.74. The van der Waals surface area contributed by atoms with Crippen LogP contribution >= 0.6 is 11.3 Å². The number of hydrogen-bond acceptors (Lipinski definition) is 3. The second-order valence-corrected chi connectivity index (χ2v) is 4.44. The van der Waals surface area contributed by atoms with E-state index in [-0.39, 0.29) is 4.88 Å².